The van der Waals surface area contributed by atoms with E-state index < -0.39 is 12.1 Å². The highest BCUT2D eigenvalue weighted by molar-refractivity contribution is 6.33. The minimum atomic E-state index is -0.932. The lowest BCUT2D eigenvalue weighted by Gasteiger charge is -2.27. The SMILES string of the molecule is O=C(O)c1ccc(-c2ccc3c(c2)CC[C@H](CNCC(O)c2cc(Cl)ccc2Cl)O3)cc1. The summed E-state index contributed by atoms with van der Waals surface area (Å²) in [5.41, 5.74) is 4.00. The van der Waals surface area contributed by atoms with Crippen LogP contribution in [0.25, 0.3) is 11.1 Å². The van der Waals surface area contributed by atoms with Crippen molar-refractivity contribution in [3.8, 4) is 16.9 Å². The Morgan fingerprint density at radius 3 is 2.56 bits per heavy atom. The summed E-state index contributed by atoms with van der Waals surface area (Å²) in [7, 11) is 0. The first-order valence-corrected chi connectivity index (χ1v) is 11.1. The first-order valence-electron chi connectivity index (χ1n) is 10.4. The van der Waals surface area contributed by atoms with Crippen LogP contribution in [-0.4, -0.2) is 35.4 Å². The number of halogens is 2. The number of aliphatic hydroxyl groups is 1. The van der Waals surface area contributed by atoms with Gasteiger partial charge in [-0.15, -0.1) is 0 Å². The Balaban J connectivity index is 1.34. The first-order chi connectivity index (χ1) is 15.4. The summed E-state index contributed by atoms with van der Waals surface area (Å²) in [6.45, 7) is 0.950. The Bertz CT molecular complexity index is 1120. The monoisotopic (exact) mass is 471 g/mol. The normalized spacial score (nSPS) is 16.2. The number of carboxylic acid groups (broad SMARTS) is 1. The molecule has 7 heteroatoms. The molecule has 1 unspecified atom stereocenters. The number of nitrogens with one attached hydrogen (secondary N) is 1. The second-order valence-corrected chi connectivity index (χ2v) is 8.67. The lowest BCUT2D eigenvalue weighted by Crippen LogP contribution is -2.36. The van der Waals surface area contributed by atoms with Gasteiger partial charge in [-0.1, -0.05) is 41.4 Å². The van der Waals surface area contributed by atoms with E-state index in [4.69, 9.17) is 33.0 Å². The summed E-state index contributed by atoms with van der Waals surface area (Å²) in [6.07, 6.45) is 0.985. The van der Waals surface area contributed by atoms with E-state index in [-0.39, 0.29) is 11.7 Å². The summed E-state index contributed by atoms with van der Waals surface area (Å²) in [4.78, 5) is 11.0. The van der Waals surface area contributed by atoms with Crippen molar-refractivity contribution in [3.63, 3.8) is 0 Å². The van der Waals surface area contributed by atoms with Gasteiger partial charge in [0.05, 0.1) is 11.7 Å². The van der Waals surface area contributed by atoms with Crippen molar-refractivity contribution in [2.24, 2.45) is 0 Å². The number of aromatic carboxylic acids is 1. The summed E-state index contributed by atoms with van der Waals surface area (Å²) in [6, 6.07) is 17.9. The molecule has 0 aromatic heterocycles. The Morgan fingerprint density at radius 2 is 1.81 bits per heavy atom. The highest BCUT2D eigenvalue weighted by Gasteiger charge is 2.21. The number of hydrogen-bond donors (Lipinski definition) is 3. The molecule has 0 spiro atoms. The van der Waals surface area contributed by atoms with Gasteiger partial charge in [0, 0.05) is 28.7 Å². The summed E-state index contributed by atoms with van der Waals surface area (Å²) < 4.78 is 6.13. The number of rotatable bonds is 7. The average molecular weight is 472 g/mol. The minimum Gasteiger partial charge on any atom is -0.489 e. The standard InChI is InChI=1S/C25H23Cl2NO4/c26-19-7-9-22(27)21(12-19)23(29)14-28-13-20-8-5-18-11-17(6-10-24(18)32-20)15-1-3-16(4-2-15)25(30)31/h1-4,6-7,9-12,20,23,28-29H,5,8,13-14H2,(H,30,31)/t20-,23?/m1/s1. The summed E-state index contributed by atoms with van der Waals surface area (Å²) >= 11 is 12.2. The Labute approximate surface area is 196 Å². The van der Waals surface area contributed by atoms with Crippen molar-refractivity contribution in [2.75, 3.05) is 13.1 Å². The second-order valence-electron chi connectivity index (χ2n) is 7.82. The molecule has 0 radical (unpaired) electrons. The predicted octanol–water partition coefficient (Wildman–Crippen LogP) is 5.38. The summed E-state index contributed by atoms with van der Waals surface area (Å²) in [5.74, 6) is -0.0781. The molecule has 0 fully saturated rings. The number of hydrogen-bond acceptors (Lipinski definition) is 4. The van der Waals surface area contributed by atoms with Crippen LogP contribution in [0.2, 0.25) is 10.0 Å². The average Bonchev–Trinajstić information content (AvgIpc) is 2.80. The molecular weight excluding hydrogens is 449 g/mol. The molecule has 0 saturated heterocycles. The zero-order chi connectivity index (χ0) is 22.7. The van der Waals surface area contributed by atoms with Crippen molar-refractivity contribution < 1.29 is 19.7 Å². The molecule has 166 valence electrons. The first kappa shape index (κ1) is 22.6. The van der Waals surface area contributed by atoms with Gasteiger partial charge in [-0.25, -0.2) is 4.79 Å². The molecule has 5 nitrogen and oxygen atoms in total. The van der Waals surface area contributed by atoms with Gasteiger partial charge in [-0.3, -0.25) is 0 Å². The highest BCUT2D eigenvalue weighted by Crippen LogP contribution is 2.32. The van der Waals surface area contributed by atoms with Crippen LogP contribution in [0.5, 0.6) is 5.75 Å². The maximum absolute atomic E-state index is 11.0. The maximum Gasteiger partial charge on any atom is 0.335 e. The van der Waals surface area contributed by atoms with Crippen LogP contribution < -0.4 is 10.1 Å². The number of carbonyl (C=O) groups is 1. The third-order valence-corrected chi connectivity index (χ3v) is 6.16. The molecule has 0 bridgehead atoms. The molecule has 3 N–H and O–H groups in total. The van der Waals surface area contributed by atoms with Crippen molar-refractivity contribution in [1.29, 1.82) is 0 Å². The van der Waals surface area contributed by atoms with Gasteiger partial charge in [0.15, 0.2) is 0 Å². The summed E-state index contributed by atoms with van der Waals surface area (Å²) in [5, 5.41) is 23.8. The van der Waals surface area contributed by atoms with E-state index in [1.807, 2.05) is 24.3 Å². The Hall–Kier alpha value is -2.57. The van der Waals surface area contributed by atoms with Gasteiger partial charge in [-0.05, 0) is 72.0 Å². The molecule has 0 aliphatic carbocycles. The van der Waals surface area contributed by atoms with Crippen molar-refractivity contribution in [3.05, 3.63) is 87.4 Å². The van der Waals surface area contributed by atoms with Gasteiger partial charge >= 0.3 is 5.97 Å². The number of carboxylic acids is 1. The molecule has 0 amide bonds. The highest BCUT2D eigenvalue weighted by atomic mass is 35.5. The van der Waals surface area contributed by atoms with E-state index in [0.717, 1.165) is 35.3 Å². The van der Waals surface area contributed by atoms with E-state index in [2.05, 4.69) is 11.4 Å². The number of fused-ring (bicyclic) bond motifs is 1. The molecule has 1 heterocycles. The van der Waals surface area contributed by atoms with E-state index in [9.17, 15) is 9.90 Å². The quantitative estimate of drug-likeness (QED) is 0.431. The van der Waals surface area contributed by atoms with Gasteiger partial charge < -0.3 is 20.3 Å². The molecule has 2 atom stereocenters. The van der Waals surface area contributed by atoms with Gasteiger partial charge in [0.1, 0.15) is 11.9 Å². The smallest absolute Gasteiger partial charge is 0.335 e. The lowest BCUT2D eigenvalue weighted by molar-refractivity contribution is 0.0697. The maximum atomic E-state index is 11.0. The van der Waals surface area contributed by atoms with Crippen molar-refractivity contribution >= 4 is 29.2 Å². The molecular formula is C25H23Cl2NO4. The minimum absolute atomic E-state index is 0.00485. The Kier molecular flexibility index (Phi) is 7.01. The van der Waals surface area contributed by atoms with Crippen molar-refractivity contribution in [2.45, 2.75) is 25.0 Å². The number of aliphatic hydroxyl groups excluding tert-OH is 1. The fourth-order valence-electron chi connectivity index (χ4n) is 3.83. The van der Waals surface area contributed by atoms with Crippen LogP contribution in [0.1, 0.15) is 34.0 Å². The molecule has 3 aromatic rings. The lowest BCUT2D eigenvalue weighted by atomic mass is 9.96. The van der Waals surface area contributed by atoms with E-state index >= 15 is 0 Å². The van der Waals surface area contributed by atoms with Gasteiger partial charge in [0.2, 0.25) is 0 Å². The van der Waals surface area contributed by atoms with Crippen LogP contribution in [-0.2, 0) is 6.42 Å². The van der Waals surface area contributed by atoms with E-state index in [1.54, 1.807) is 30.3 Å². The van der Waals surface area contributed by atoms with Crippen LogP contribution in [0.15, 0.2) is 60.7 Å². The second kappa shape index (κ2) is 9.92. The van der Waals surface area contributed by atoms with Crippen molar-refractivity contribution in [1.82, 2.24) is 5.32 Å². The Morgan fingerprint density at radius 1 is 1.06 bits per heavy atom. The predicted molar refractivity (Wildman–Crippen MR) is 126 cm³/mol. The largest absolute Gasteiger partial charge is 0.489 e. The zero-order valence-corrected chi connectivity index (χ0v) is 18.7. The molecule has 3 aromatic carbocycles. The molecule has 1 aliphatic rings. The van der Waals surface area contributed by atoms with Crippen LogP contribution >= 0.6 is 23.2 Å². The number of ether oxygens (including phenoxy) is 1. The fraction of sp³-hybridized carbons (Fsp3) is 0.240. The van der Waals surface area contributed by atoms with Gasteiger partial charge in [0.25, 0.3) is 0 Å². The van der Waals surface area contributed by atoms with E-state index in [1.165, 1.54) is 0 Å². The van der Waals surface area contributed by atoms with Crippen LogP contribution in [0.3, 0.4) is 0 Å². The van der Waals surface area contributed by atoms with Crippen LogP contribution in [0.4, 0.5) is 0 Å². The molecule has 1 aliphatic heterocycles. The van der Waals surface area contributed by atoms with Crippen LogP contribution in [0, 0.1) is 0 Å². The third-order valence-electron chi connectivity index (χ3n) is 5.58. The number of benzene rings is 3. The molecule has 4 rings (SSSR count). The molecule has 32 heavy (non-hydrogen) atoms. The fourth-order valence-corrected chi connectivity index (χ4v) is 4.26. The third kappa shape index (κ3) is 5.25. The van der Waals surface area contributed by atoms with E-state index in [0.29, 0.717) is 28.7 Å². The molecule has 0 saturated carbocycles. The van der Waals surface area contributed by atoms with Gasteiger partial charge in [-0.2, -0.15) is 0 Å². The zero-order valence-electron chi connectivity index (χ0n) is 17.2. The topological polar surface area (TPSA) is 78.8 Å². The number of aryl methyl sites for hydroxylation is 1.